The third kappa shape index (κ3) is 1.05. The molecule has 1 atom stereocenters. The standard InChI is InChI=1S/C9H14N3/c1-3-8(2)11-5-9-4-10-6-12(9)7-11/h4-6,8H,3,7H2,1-2H3/q+1. The fraction of sp³-hybridized carbons (Fsp3) is 0.556. The van der Waals surface area contributed by atoms with Gasteiger partial charge in [-0.25, -0.2) is 9.56 Å². The first kappa shape index (κ1) is 7.53. The minimum atomic E-state index is 0.630. The van der Waals surface area contributed by atoms with Gasteiger partial charge in [0.2, 0.25) is 6.67 Å². The third-order valence-electron chi connectivity index (χ3n) is 2.52. The Kier molecular flexibility index (Phi) is 1.71. The van der Waals surface area contributed by atoms with E-state index in [1.807, 2.05) is 12.5 Å². The van der Waals surface area contributed by atoms with Crippen molar-refractivity contribution in [3.8, 4) is 0 Å². The summed E-state index contributed by atoms with van der Waals surface area (Å²) in [4.78, 5) is 4.07. The summed E-state index contributed by atoms with van der Waals surface area (Å²) in [6.45, 7) is 5.42. The second-order valence-electron chi connectivity index (χ2n) is 3.33. The number of aromatic nitrogens is 2. The van der Waals surface area contributed by atoms with Crippen molar-refractivity contribution in [1.29, 1.82) is 0 Å². The maximum Gasteiger partial charge on any atom is 0.224 e. The van der Waals surface area contributed by atoms with Gasteiger partial charge in [-0.05, 0) is 6.92 Å². The molecule has 1 aliphatic rings. The van der Waals surface area contributed by atoms with Crippen LogP contribution in [-0.4, -0.2) is 26.4 Å². The van der Waals surface area contributed by atoms with Crippen LogP contribution in [0.2, 0.25) is 0 Å². The van der Waals surface area contributed by atoms with Crippen LogP contribution in [0.1, 0.15) is 26.0 Å². The molecule has 0 aliphatic carbocycles. The van der Waals surface area contributed by atoms with Crippen molar-refractivity contribution < 1.29 is 4.58 Å². The minimum absolute atomic E-state index is 0.630. The molecule has 0 N–H and O–H groups in total. The monoisotopic (exact) mass is 164 g/mol. The van der Waals surface area contributed by atoms with Crippen LogP contribution >= 0.6 is 0 Å². The molecule has 0 radical (unpaired) electrons. The summed E-state index contributed by atoms with van der Waals surface area (Å²) in [6.07, 6.45) is 7.16. The van der Waals surface area contributed by atoms with E-state index in [2.05, 4.69) is 34.2 Å². The molecule has 0 amide bonds. The smallest absolute Gasteiger partial charge is 0.224 e. The van der Waals surface area contributed by atoms with Crippen LogP contribution in [0, 0.1) is 0 Å². The van der Waals surface area contributed by atoms with E-state index < -0.39 is 0 Å². The average molecular weight is 164 g/mol. The molecule has 1 aliphatic heterocycles. The molecule has 2 heterocycles. The molecule has 0 spiro atoms. The average Bonchev–Trinajstić information content (AvgIpc) is 2.60. The van der Waals surface area contributed by atoms with Gasteiger partial charge in [0, 0.05) is 6.42 Å². The van der Waals surface area contributed by atoms with Crippen molar-refractivity contribution in [2.45, 2.75) is 33.0 Å². The van der Waals surface area contributed by atoms with Gasteiger partial charge in [-0.2, -0.15) is 0 Å². The molecule has 0 bridgehead atoms. The molecule has 64 valence electrons. The van der Waals surface area contributed by atoms with Gasteiger partial charge in [0.25, 0.3) is 0 Å². The summed E-state index contributed by atoms with van der Waals surface area (Å²) in [5.41, 5.74) is 1.22. The lowest BCUT2D eigenvalue weighted by Gasteiger charge is -2.04. The maximum absolute atomic E-state index is 4.07. The Bertz CT molecular complexity index is 311. The number of imidazole rings is 1. The summed E-state index contributed by atoms with van der Waals surface area (Å²) in [7, 11) is 0. The SMILES string of the molecule is CCC(C)[N+]1=Cc2cncn2C1. The fourth-order valence-corrected chi connectivity index (χ4v) is 1.44. The summed E-state index contributed by atoms with van der Waals surface area (Å²) >= 11 is 0. The van der Waals surface area contributed by atoms with Crippen LogP contribution in [0.15, 0.2) is 12.5 Å². The van der Waals surface area contributed by atoms with E-state index in [1.165, 1.54) is 12.1 Å². The Morgan fingerprint density at radius 3 is 3.25 bits per heavy atom. The fourth-order valence-electron chi connectivity index (χ4n) is 1.44. The first-order valence-electron chi connectivity index (χ1n) is 4.42. The van der Waals surface area contributed by atoms with Gasteiger partial charge in [0.05, 0.1) is 6.20 Å². The predicted octanol–water partition coefficient (Wildman–Crippen LogP) is 1.08. The summed E-state index contributed by atoms with van der Waals surface area (Å²) in [5, 5.41) is 0. The molecule has 0 saturated carbocycles. The first-order valence-corrected chi connectivity index (χ1v) is 4.42. The number of rotatable bonds is 2. The van der Waals surface area contributed by atoms with Crippen LogP contribution in [-0.2, 0) is 6.67 Å². The van der Waals surface area contributed by atoms with Crippen molar-refractivity contribution in [2.24, 2.45) is 0 Å². The van der Waals surface area contributed by atoms with Crippen LogP contribution < -0.4 is 0 Å². The van der Waals surface area contributed by atoms with Crippen molar-refractivity contribution in [2.75, 3.05) is 0 Å². The van der Waals surface area contributed by atoms with Crippen LogP contribution in [0.5, 0.6) is 0 Å². The van der Waals surface area contributed by atoms with Gasteiger partial charge in [-0.15, -0.1) is 0 Å². The van der Waals surface area contributed by atoms with E-state index in [0.29, 0.717) is 6.04 Å². The highest BCUT2D eigenvalue weighted by molar-refractivity contribution is 5.73. The second-order valence-corrected chi connectivity index (χ2v) is 3.33. The second kappa shape index (κ2) is 2.73. The molecule has 0 saturated heterocycles. The van der Waals surface area contributed by atoms with Gasteiger partial charge in [0.15, 0.2) is 12.3 Å². The quantitative estimate of drug-likeness (QED) is 0.599. The third-order valence-corrected chi connectivity index (χ3v) is 2.52. The van der Waals surface area contributed by atoms with Gasteiger partial charge in [-0.3, -0.25) is 4.57 Å². The molecule has 12 heavy (non-hydrogen) atoms. The van der Waals surface area contributed by atoms with Crippen molar-refractivity contribution in [3.63, 3.8) is 0 Å². The van der Waals surface area contributed by atoms with Crippen molar-refractivity contribution in [1.82, 2.24) is 9.55 Å². The summed E-state index contributed by atoms with van der Waals surface area (Å²) in [5.74, 6) is 0. The lowest BCUT2D eigenvalue weighted by Crippen LogP contribution is -2.21. The number of hydrogen-bond acceptors (Lipinski definition) is 1. The number of nitrogens with zero attached hydrogens (tertiary/aromatic N) is 3. The molecule has 3 heteroatoms. The van der Waals surface area contributed by atoms with Crippen LogP contribution in [0.4, 0.5) is 0 Å². The zero-order valence-electron chi connectivity index (χ0n) is 7.57. The van der Waals surface area contributed by atoms with Crippen LogP contribution in [0.25, 0.3) is 0 Å². The van der Waals surface area contributed by atoms with E-state index in [9.17, 15) is 0 Å². The minimum Gasteiger partial charge on any atom is -0.269 e. The van der Waals surface area contributed by atoms with Gasteiger partial charge in [-0.1, -0.05) is 6.92 Å². The Balaban J connectivity index is 2.21. The van der Waals surface area contributed by atoms with Gasteiger partial charge < -0.3 is 0 Å². The number of hydrogen-bond donors (Lipinski definition) is 0. The summed E-state index contributed by atoms with van der Waals surface area (Å²) in [6, 6.07) is 0.630. The maximum atomic E-state index is 4.07. The lowest BCUT2D eigenvalue weighted by atomic mass is 10.2. The molecule has 1 aromatic heterocycles. The highest BCUT2D eigenvalue weighted by Crippen LogP contribution is 2.07. The Morgan fingerprint density at radius 1 is 1.75 bits per heavy atom. The largest absolute Gasteiger partial charge is 0.269 e. The van der Waals surface area contributed by atoms with E-state index in [-0.39, 0.29) is 0 Å². The Hall–Kier alpha value is -1.12. The van der Waals surface area contributed by atoms with E-state index in [4.69, 9.17) is 0 Å². The van der Waals surface area contributed by atoms with Crippen molar-refractivity contribution >= 4 is 6.21 Å². The van der Waals surface area contributed by atoms with E-state index >= 15 is 0 Å². The Labute approximate surface area is 72.4 Å². The highest BCUT2D eigenvalue weighted by Gasteiger charge is 2.21. The molecule has 1 aromatic rings. The molecule has 0 aromatic carbocycles. The van der Waals surface area contributed by atoms with Crippen molar-refractivity contribution in [3.05, 3.63) is 18.2 Å². The molecule has 3 nitrogen and oxygen atoms in total. The van der Waals surface area contributed by atoms with Gasteiger partial charge in [0.1, 0.15) is 12.0 Å². The molecular weight excluding hydrogens is 150 g/mol. The Morgan fingerprint density at radius 2 is 2.58 bits per heavy atom. The normalized spacial score (nSPS) is 17.3. The first-order chi connectivity index (χ1) is 5.81. The van der Waals surface area contributed by atoms with E-state index in [1.54, 1.807) is 0 Å². The van der Waals surface area contributed by atoms with E-state index in [0.717, 1.165) is 6.67 Å². The van der Waals surface area contributed by atoms with Gasteiger partial charge >= 0.3 is 0 Å². The number of fused-ring (bicyclic) bond motifs is 1. The molecule has 0 fully saturated rings. The topological polar surface area (TPSA) is 20.8 Å². The summed E-state index contributed by atoms with van der Waals surface area (Å²) < 4.78 is 4.50. The molecule has 1 unspecified atom stereocenters. The van der Waals surface area contributed by atoms with Crippen LogP contribution in [0.3, 0.4) is 0 Å². The molecule has 2 rings (SSSR count). The zero-order valence-corrected chi connectivity index (χ0v) is 7.57. The highest BCUT2D eigenvalue weighted by atomic mass is 15.3. The predicted molar refractivity (Wildman–Crippen MR) is 47.4 cm³/mol. The zero-order chi connectivity index (χ0) is 8.55. The molecular formula is C9H14N3+. The lowest BCUT2D eigenvalue weighted by molar-refractivity contribution is -0.581.